The smallest absolute Gasteiger partial charge is 0.244 e. The van der Waals surface area contributed by atoms with Crippen LogP contribution in [0.5, 0.6) is 0 Å². The van der Waals surface area contributed by atoms with Crippen molar-refractivity contribution in [3.63, 3.8) is 0 Å². The number of amides is 1. The number of carbonyl (C=O) groups is 1. The van der Waals surface area contributed by atoms with E-state index in [1.54, 1.807) is 18.5 Å². The molecular weight excluding hydrogens is 370 g/mol. The van der Waals surface area contributed by atoms with Crippen LogP contribution in [-0.4, -0.2) is 15.9 Å². The lowest BCUT2D eigenvalue weighted by Gasteiger charge is -1.99. The van der Waals surface area contributed by atoms with Gasteiger partial charge in [0.05, 0.1) is 12.2 Å². The van der Waals surface area contributed by atoms with Gasteiger partial charge >= 0.3 is 0 Å². The zero-order valence-electron chi connectivity index (χ0n) is 15.4. The summed E-state index contributed by atoms with van der Waals surface area (Å²) in [7, 11) is 0. The van der Waals surface area contributed by atoms with Crippen molar-refractivity contribution in [3.8, 4) is 11.3 Å². The van der Waals surface area contributed by atoms with E-state index in [9.17, 15) is 4.79 Å². The highest BCUT2D eigenvalue weighted by atomic mass is 32.1. The van der Waals surface area contributed by atoms with Gasteiger partial charge in [-0.25, -0.2) is 4.98 Å². The normalized spacial score (nSPS) is 11.3. The van der Waals surface area contributed by atoms with Gasteiger partial charge < -0.3 is 9.73 Å². The SMILES string of the molecule is CCc1oc2ccccc2c1/C=C/C(=O)NCc1nc(-c2ccncc2)cs1. The topological polar surface area (TPSA) is 68.0 Å². The van der Waals surface area contributed by atoms with Crippen molar-refractivity contribution in [2.24, 2.45) is 0 Å². The van der Waals surface area contributed by atoms with Crippen LogP contribution in [0.3, 0.4) is 0 Å². The monoisotopic (exact) mass is 389 g/mol. The number of pyridine rings is 1. The fourth-order valence-corrected chi connectivity index (χ4v) is 3.73. The highest BCUT2D eigenvalue weighted by molar-refractivity contribution is 7.09. The average molecular weight is 389 g/mol. The number of rotatable bonds is 6. The Kier molecular flexibility index (Phi) is 5.30. The van der Waals surface area contributed by atoms with Crippen LogP contribution in [0.4, 0.5) is 0 Å². The number of fused-ring (bicyclic) bond motifs is 1. The zero-order valence-corrected chi connectivity index (χ0v) is 16.2. The minimum absolute atomic E-state index is 0.159. The number of nitrogens with zero attached hydrogens (tertiary/aromatic N) is 2. The van der Waals surface area contributed by atoms with Crippen LogP contribution < -0.4 is 5.32 Å². The van der Waals surface area contributed by atoms with E-state index in [2.05, 4.69) is 15.3 Å². The summed E-state index contributed by atoms with van der Waals surface area (Å²) in [4.78, 5) is 20.8. The van der Waals surface area contributed by atoms with E-state index in [1.165, 1.54) is 11.3 Å². The lowest BCUT2D eigenvalue weighted by Crippen LogP contribution is -2.20. The summed E-state index contributed by atoms with van der Waals surface area (Å²) in [5, 5.41) is 6.75. The van der Waals surface area contributed by atoms with Crippen molar-refractivity contribution in [3.05, 3.63) is 76.6 Å². The highest BCUT2D eigenvalue weighted by Crippen LogP contribution is 2.27. The summed E-state index contributed by atoms with van der Waals surface area (Å²) in [5.74, 6) is 0.722. The van der Waals surface area contributed by atoms with Crippen molar-refractivity contribution in [1.29, 1.82) is 0 Å². The van der Waals surface area contributed by atoms with Gasteiger partial charge in [-0.3, -0.25) is 9.78 Å². The molecule has 28 heavy (non-hydrogen) atoms. The van der Waals surface area contributed by atoms with E-state index in [4.69, 9.17) is 4.42 Å². The molecule has 3 aromatic heterocycles. The largest absolute Gasteiger partial charge is 0.460 e. The van der Waals surface area contributed by atoms with Gasteiger partial charge in [0.2, 0.25) is 5.91 Å². The van der Waals surface area contributed by atoms with E-state index in [-0.39, 0.29) is 5.91 Å². The predicted molar refractivity (Wildman–Crippen MR) is 112 cm³/mol. The third-order valence-electron chi connectivity index (χ3n) is 4.37. The van der Waals surface area contributed by atoms with Crippen molar-refractivity contribution < 1.29 is 9.21 Å². The van der Waals surface area contributed by atoms with Gasteiger partial charge in [0.15, 0.2) is 0 Å². The summed E-state index contributed by atoms with van der Waals surface area (Å²) in [6, 6.07) is 11.7. The lowest BCUT2D eigenvalue weighted by atomic mass is 10.1. The van der Waals surface area contributed by atoms with Crippen molar-refractivity contribution in [1.82, 2.24) is 15.3 Å². The summed E-state index contributed by atoms with van der Waals surface area (Å²) in [6.07, 6.45) is 7.63. The Morgan fingerprint density at radius 2 is 2.04 bits per heavy atom. The first-order valence-electron chi connectivity index (χ1n) is 9.05. The number of hydrogen-bond acceptors (Lipinski definition) is 5. The third-order valence-corrected chi connectivity index (χ3v) is 5.22. The Balaban J connectivity index is 1.42. The molecule has 0 aliphatic rings. The van der Waals surface area contributed by atoms with Gasteiger partial charge in [-0.2, -0.15) is 0 Å². The Labute approximate surface area is 166 Å². The fourth-order valence-electron chi connectivity index (χ4n) is 2.99. The first-order valence-corrected chi connectivity index (χ1v) is 9.93. The van der Waals surface area contributed by atoms with Crippen LogP contribution in [0.25, 0.3) is 28.3 Å². The molecule has 0 unspecified atom stereocenters. The number of nitrogens with one attached hydrogen (secondary N) is 1. The number of aryl methyl sites for hydroxylation is 1. The molecule has 0 bridgehead atoms. The number of hydrogen-bond donors (Lipinski definition) is 1. The van der Waals surface area contributed by atoms with Crippen LogP contribution in [0.2, 0.25) is 0 Å². The first kappa shape index (κ1) is 18.1. The fraction of sp³-hybridized carbons (Fsp3) is 0.136. The molecule has 3 heterocycles. The van der Waals surface area contributed by atoms with E-state index in [0.29, 0.717) is 6.54 Å². The van der Waals surface area contributed by atoms with Crippen molar-refractivity contribution in [2.45, 2.75) is 19.9 Å². The summed E-state index contributed by atoms with van der Waals surface area (Å²) in [5.41, 5.74) is 3.71. The van der Waals surface area contributed by atoms with Gasteiger partial charge in [0.25, 0.3) is 0 Å². The number of furan rings is 1. The molecule has 0 fully saturated rings. The molecule has 6 heteroatoms. The van der Waals surface area contributed by atoms with Crippen molar-refractivity contribution in [2.75, 3.05) is 0 Å². The molecule has 0 saturated carbocycles. The van der Waals surface area contributed by atoms with Gasteiger partial charge in [-0.1, -0.05) is 25.1 Å². The molecular formula is C22H19N3O2S. The van der Waals surface area contributed by atoms with Gasteiger partial charge in [0, 0.05) is 46.8 Å². The Morgan fingerprint density at radius 3 is 2.86 bits per heavy atom. The number of thiazole rings is 1. The average Bonchev–Trinajstić information content (AvgIpc) is 3.36. The lowest BCUT2D eigenvalue weighted by molar-refractivity contribution is -0.116. The molecule has 1 aromatic carbocycles. The molecule has 0 aliphatic carbocycles. The molecule has 0 saturated heterocycles. The number of aromatic nitrogens is 2. The second-order valence-electron chi connectivity index (χ2n) is 6.20. The molecule has 5 nitrogen and oxygen atoms in total. The zero-order chi connectivity index (χ0) is 19.3. The quantitative estimate of drug-likeness (QED) is 0.479. The standard InChI is InChI=1S/C22H19N3O2S/c1-2-19-17(16-5-3-4-6-20(16)27-19)7-8-21(26)24-13-22-25-18(14-28-22)15-9-11-23-12-10-15/h3-12,14H,2,13H2,1H3,(H,24,26)/b8-7+. The van der Waals surface area contributed by atoms with E-state index < -0.39 is 0 Å². The second kappa shape index (κ2) is 8.19. The molecule has 140 valence electrons. The number of para-hydroxylation sites is 1. The Bertz CT molecular complexity index is 1130. The molecule has 4 rings (SSSR count). The Hall–Kier alpha value is -3.25. The molecule has 0 radical (unpaired) electrons. The van der Waals surface area contributed by atoms with Crippen LogP contribution in [0.1, 0.15) is 23.3 Å². The molecule has 0 aliphatic heterocycles. The van der Waals surface area contributed by atoms with Crippen LogP contribution in [0, 0.1) is 0 Å². The number of carbonyl (C=O) groups excluding carboxylic acids is 1. The summed E-state index contributed by atoms with van der Waals surface area (Å²) >= 11 is 1.52. The minimum atomic E-state index is -0.159. The van der Waals surface area contributed by atoms with Crippen molar-refractivity contribution >= 4 is 34.3 Å². The third kappa shape index (κ3) is 3.87. The Morgan fingerprint density at radius 1 is 1.21 bits per heavy atom. The van der Waals surface area contributed by atoms with Gasteiger partial charge in [0.1, 0.15) is 16.4 Å². The van der Waals surface area contributed by atoms with E-state index >= 15 is 0 Å². The van der Waals surface area contributed by atoms with Crippen LogP contribution in [0.15, 0.2) is 64.7 Å². The molecule has 1 amide bonds. The maximum Gasteiger partial charge on any atom is 0.244 e. The molecule has 4 aromatic rings. The van der Waals surface area contributed by atoms with Gasteiger partial charge in [-0.05, 0) is 24.3 Å². The first-order chi connectivity index (χ1) is 13.7. The predicted octanol–water partition coefficient (Wildman–Crippen LogP) is 4.84. The summed E-state index contributed by atoms with van der Waals surface area (Å²) in [6.45, 7) is 2.43. The molecule has 0 atom stereocenters. The van der Waals surface area contributed by atoms with Crippen LogP contribution in [-0.2, 0) is 17.8 Å². The molecule has 0 spiro atoms. The number of benzene rings is 1. The highest BCUT2D eigenvalue weighted by Gasteiger charge is 2.10. The van der Waals surface area contributed by atoms with Crippen LogP contribution >= 0.6 is 11.3 Å². The maximum absolute atomic E-state index is 12.3. The summed E-state index contributed by atoms with van der Waals surface area (Å²) < 4.78 is 5.86. The van der Waals surface area contributed by atoms with Gasteiger partial charge in [-0.15, -0.1) is 11.3 Å². The molecule has 1 N–H and O–H groups in total. The maximum atomic E-state index is 12.3. The second-order valence-corrected chi connectivity index (χ2v) is 7.14. The van der Waals surface area contributed by atoms with E-state index in [1.807, 2.05) is 54.8 Å². The minimum Gasteiger partial charge on any atom is -0.460 e. The van der Waals surface area contributed by atoms with E-state index in [0.717, 1.165) is 45.0 Å².